The normalized spacial score (nSPS) is 17.0. The number of aliphatic hydroxyl groups is 1. The van der Waals surface area contributed by atoms with Crippen molar-refractivity contribution in [1.29, 1.82) is 0 Å². The van der Waals surface area contributed by atoms with Crippen LogP contribution >= 0.6 is 15.9 Å². The molecule has 0 unspecified atom stereocenters. The van der Waals surface area contributed by atoms with Gasteiger partial charge >= 0.3 is 0 Å². The van der Waals surface area contributed by atoms with E-state index in [1.54, 1.807) is 0 Å². The van der Waals surface area contributed by atoms with Crippen molar-refractivity contribution >= 4 is 27.5 Å². The maximum atomic E-state index is 9.42. The molecule has 0 radical (unpaired) electrons. The molecule has 1 aromatic carbocycles. The standard InChI is InChI=1S/C15H22BrN3O2/c16-11-6-7-13(15(17)18-21)14(10-11)19(8-9-20)12-4-2-1-3-5-12/h6-7,10,12,20-21H,1-5,8-9H2,(H2,17,18). The third-order valence-corrected chi connectivity index (χ3v) is 4.50. The largest absolute Gasteiger partial charge is 0.409 e. The Morgan fingerprint density at radius 1 is 1.33 bits per heavy atom. The molecule has 2 rings (SSSR count). The van der Waals surface area contributed by atoms with Crippen molar-refractivity contribution in [3.05, 3.63) is 28.2 Å². The van der Waals surface area contributed by atoms with Crippen LogP contribution in [0, 0.1) is 0 Å². The molecule has 5 nitrogen and oxygen atoms in total. The van der Waals surface area contributed by atoms with Crippen LogP contribution in [-0.2, 0) is 0 Å². The first kappa shape index (κ1) is 16.1. The Bertz CT molecular complexity index is 502. The van der Waals surface area contributed by atoms with E-state index >= 15 is 0 Å². The molecule has 4 N–H and O–H groups in total. The lowest BCUT2D eigenvalue weighted by molar-refractivity contribution is 0.290. The molecule has 6 heteroatoms. The number of nitrogens with zero attached hydrogens (tertiary/aromatic N) is 2. The first-order valence-electron chi connectivity index (χ1n) is 7.32. The Labute approximate surface area is 133 Å². The molecule has 0 bridgehead atoms. The summed E-state index contributed by atoms with van der Waals surface area (Å²) in [6, 6.07) is 6.07. The van der Waals surface area contributed by atoms with E-state index in [9.17, 15) is 5.11 Å². The minimum absolute atomic E-state index is 0.0820. The summed E-state index contributed by atoms with van der Waals surface area (Å²) < 4.78 is 0.936. The molecule has 1 aliphatic carbocycles. The van der Waals surface area contributed by atoms with Crippen LogP contribution < -0.4 is 10.6 Å². The number of nitrogens with two attached hydrogens (primary N) is 1. The van der Waals surface area contributed by atoms with E-state index in [1.165, 1.54) is 19.3 Å². The van der Waals surface area contributed by atoms with Crippen LogP contribution in [0.1, 0.15) is 37.7 Å². The molecule has 1 saturated carbocycles. The Balaban J connectivity index is 2.40. The van der Waals surface area contributed by atoms with Gasteiger partial charge in [0.05, 0.1) is 6.61 Å². The van der Waals surface area contributed by atoms with Crippen molar-refractivity contribution in [3.63, 3.8) is 0 Å². The number of halogens is 1. The Kier molecular flexibility index (Phi) is 5.87. The smallest absolute Gasteiger partial charge is 0.172 e. The van der Waals surface area contributed by atoms with Crippen molar-refractivity contribution in [1.82, 2.24) is 0 Å². The number of hydrogen-bond acceptors (Lipinski definition) is 4. The molecule has 0 atom stereocenters. The molecule has 1 aliphatic rings. The number of anilines is 1. The Morgan fingerprint density at radius 3 is 2.67 bits per heavy atom. The molecule has 21 heavy (non-hydrogen) atoms. The lowest BCUT2D eigenvalue weighted by Crippen LogP contribution is -2.40. The van der Waals surface area contributed by atoms with Crippen LogP contribution in [0.3, 0.4) is 0 Å². The maximum absolute atomic E-state index is 9.42. The summed E-state index contributed by atoms with van der Waals surface area (Å²) in [5.41, 5.74) is 7.40. The number of aliphatic hydroxyl groups excluding tert-OH is 1. The van der Waals surface area contributed by atoms with Crippen LogP contribution in [0.5, 0.6) is 0 Å². The van der Waals surface area contributed by atoms with Crippen molar-refractivity contribution < 1.29 is 10.3 Å². The molecular weight excluding hydrogens is 334 g/mol. The van der Waals surface area contributed by atoms with Crippen molar-refractivity contribution in [2.24, 2.45) is 10.9 Å². The summed E-state index contributed by atoms with van der Waals surface area (Å²) in [6.45, 7) is 0.630. The highest BCUT2D eigenvalue weighted by molar-refractivity contribution is 9.10. The quantitative estimate of drug-likeness (QED) is 0.328. The molecular formula is C15H22BrN3O2. The van der Waals surface area contributed by atoms with Gasteiger partial charge in [0.25, 0.3) is 0 Å². The predicted molar refractivity (Wildman–Crippen MR) is 88.0 cm³/mol. The third kappa shape index (κ3) is 3.89. The molecule has 1 aromatic rings. The minimum atomic E-state index is 0.0820. The lowest BCUT2D eigenvalue weighted by atomic mass is 9.93. The van der Waals surface area contributed by atoms with Crippen LogP contribution in [0.4, 0.5) is 5.69 Å². The zero-order valence-electron chi connectivity index (χ0n) is 12.0. The minimum Gasteiger partial charge on any atom is -0.409 e. The fraction of sp³-hybridized carbons (Fsp3) is 0.533. The van der Waals surface area contributed by atoms with Gasteiger partial charge in [-0.05, 0) is 31.0 Å². The zero-order valence-corrected chi connectivity index (χ0v) is 13.6. The summed E-state index contributed by atoms with van der Waals surface area (Å²) in [5, 5.41) is 21.5. The molecule has 0 spiro atoms. The lowest BCUT2D eigenvalue weighted by Gasteiger charge is -2.37. The first-order chi connectivity index (χ1) is 10.2. The highest BCUT2D eigenvalue weighted by Gasteiger charge is 2.24. The van der Waals surface area contributed by atoms with Crippen molar-refractivity contribution in [2.45, 2.75) is 38.1 Å². The summed E-state index contributed by atoms with van der Waals surface area (Å²) in [5.74, 6) is 0.0937. The first-order valence-corrected chi connectivity index (χ1v) is 8.11. The molecule has 0 heterocycles. The second-order valence-corrected chi connectivity index (χ2v) is 6.27. The second kappa shape index (κ2) is 7.66. The average molecular weight is 356 g/mol. The number of amidine groups is 1. The van der Waals surface area contributed by atoms with Gasteiger partial charge in [0, 0.05) is 28.3 Å². The van der Waals surface area contributed by atoms with E-state index in [2.05, 4.69) is 26.0 Å². The van der Waals surface area contributed by atoms with Crippen molar-refractivity contribution in [3.8, 4) is 0 Å². The van der Waals surface area contributed by atoms with Gasteiger partial charge in [-0.2, -0.15) is 0 Å². The van der Waals surface area contributed by atoms with Gasteiger partial charge < -0.3 is 20.9 Å². The molecule has 0 aromatic heterocycles. The summed E-state index contributed by atoms with van der Waals surface area (Å²) >= 11 is 3.48. The van der Waals surface area contributed by atoms with Gasteiger partial charge in [-0.1, -0.05) is 40.3 Å². The summed E-state index contributed by atoms with van der Waals surface area (Å²) in [7, 11) is 0. The summed E-state index contributed by atoms with van der Waals surface area (Å²) in [6.07, 6.45) is 5.91. The van der Waals surface area contributed by atoms with Crippen LogP contribution in [0.15, 0.2) is 27.8 Å². The van der Waals surface area contributed by atoms with E-state index in [4.69, 9.17) is 10.9 Å². The van der Waals surface area contributed by atoms with E-state index in [0.29, 0.717) is 18.2 Å². The molecule has 116 valence electrons. The van der Waals surface area contributed by atoms with E-state index in [-0.39, 0.29) is 12.4 Å². The van der Waals surface area contributed by atoms with Gasteiger partial charge in [-0.3, -0.25) is 0 Å². The fourth-order valence-corrected chi connectivity index (χ4v) is 3.36. The predicted octanol–water partition coefficient (Wildman–Crippen LogP) is 2.68. The van der Waals surface area contributed by atoms with E-state index in [1.807, 2.05) is 18.2 Å². The number of benzene rings is 1. The number of hydrogen-bond donors (Lipinski definition) is 3. The second-order valence-electron chi connectivity index (χ2n) is 5.36. The third-order valence-electron chi connectivity index (χ3n) is 4.01. The monoisotopic (exact) mass is 355 g/mol. The Morgan fingerprint density at radius 2 is 2.05 bits per heavy atom. The molecule has 0 saturated heterocycles. The molecule has 0 amide bonds. The highest BCUT2D eigenvalue weighted by Crippen LogP contribution is 2.31. The van der Waals surface area contributed by atoms with Gasteiger partial charge in [0.15, 0.2) is 5.84 Å². The average Bonchev–Trinajstić information content (AvgIpc) is 2.52. The Hall–Kier alpha value is -1.27. The highest BCUT2D eigenvalue weighted by atomic mass is 79.9. The van der Waals surface area contributed by atoms with Gasteiger partial charge in [-0.15, -0.1) is 0 Å². The van der Waals surface area contributed by atoms with Crippen LogP contribution in [0.25, 0.3) is 0 Å². The molecule has 1 fully saturated rings. The van der Waals surface area contributed by atoms with Crippen LogP contribution in [0.2, 0.25) is 0 Å². The fourth-order valence-electron chi connectivity index (χ4n) is 3.01. The van der Waals surface area contributed by atoms with Gasteiger partial charge in [-0.25, -0.2) is 0 Å². The van der Waals surface area contributed by atoms with E-state index in [0.717, 1.165) is 23.0 Å². The van der Waals surface area contributed by atoms with Gasteiger partial charge in [0.1, 0.15) is 0 Å². The van der Waals surface area contributed by atoms with Gasteiger partial charge in [0.2, 0.25) is 0 Å². The van der Waals surface area contributed by atoms with Crippen molar-refractivity contribution in [2.75, 3.05) is 18.1 Å². The molecule has 0 aliphatic heterocycles. The van der Waals surface area contributed by atoms with E-state index < -0.39 is 0 Å². The number of oxime groups is 1. The summed E-state index contributed by atoms with van der Waals surface area (Å²) in [4.78, 5) is 2.19. The number of rotatable bonds is 5. The SMILES string of the molecule is N/C(=N/O)c1ccc(Br)cc1N(CCO)C1CCCCC1. The topological polar surface area (TPSA) is 82.1 Å². The zero-order chi connectivity index (χ0) is 15.2. The maximum Gasteiger partial charge on any atom is 0.172 e. The van der Waals surface area contributed by atoms with Crippen LogP contribution in [-0.4, -0.2) is 35.3 Å².